The van der Waals surface area contributed by atoms with Crippen molar-refractivity contribution in [3.05, 3.63) is 181 Å². The van der Waals surface area contributed by atoms with E-state index in [4.69, 9.17) is 4.42 Å². The predicted octanol–water partition coefficient (Wildman–Crippen LogP) is 3.64. The van der Waals surface area contributed by atoms with E-state index in [0.29, 0.717) is 0 Å². The van der Waals surface area contributed by atoms with E-state index in [0.717, 1.165) is 33.2 Å². The fraction of sp³-hybridized carbons (Fsp3) is 0.0370. The second-order valence-corrected chi connectivity index (χ2v) is 20.7. The third-order valence-electron chi connectivity index (χ3n) is 14.1. The van der Waals surface area contributed by atoms with Crippen LogP contribution in [0.3, 0.4) is 0 Å². The minimum Gasteiger partial charge on any atom is -0.456 e. The standard InChI is InChI=1S/C54H48B7NOS/c1-31-29-42(32(2)28-41(31)33-22-27-40-39-20-12-13-21-43(39)63-44(40)30-33)62(54-50(58)46-45(49(57)53(54)61)47(55)51(59)52(60)48(46)56)34-23-25-38(26-24-34)64(35-14-6-3-7-15-35,36-16-8-4-9-17-36)37-18-10-5-11-19-37/h3-30H,55-61H2,1-2H3. The molecule has 1 heterocycles. The first-order chi connectivity index (χ1) is 31.0. The number of rotatable bonds is 8. The van der Waals surface area contributed by atoms with Crippen molar-refractivity contribution in [1.29, 1.82) is 0 Å². The lowest BCUT2D eigenvalue weighted by atomic mass is 9.59. The molecule has 0 radical (unpaired) electrons. The highest BCUT2D eigenvalue weighted by Gasteiger charge is 2.34. The highest BCUT2D eigenvalue weighted by atomic mass is 32.3. The van der Waals surface area contributed by atoms with Gasteiger partial charge in [-0.25, -0.2) is 0 Å². The zero-order valence-corrected chi connectivity index (χ0v) is 39.2. The summed E-state index contributed by atoms with van der Waals surface area (Å²) in [6.45, 7) is 4.53. The average molecular weight is 835 g/mol. The lowest BCUT2D eigenvalue weighted by Gasteiger charge is -2.42. The largest absolute Gasteiger partial charge is 0.456 e. The van der Waals surface area contributed by atoms with Gasteiger partial charge >= 0.3 is 0 Å². The number of hydrogen-bond acceptors (Lipinski definition) is 2. The first kappa shape index (κ1) is 41.6. The van der Waals surface area contributed by atoms with Crippen molar-refractivity contribution in [3.63, 3.8) is 0 Å². The van der Waals surface area contributed by atoms with Gasteiger partial charge < -0.3 is 9.32 Å². The second-order valence-electron chi connectivity index (χ2n) is 17.6. The monoisotopic (exact) mass is 835 g/mol. The van der Waals surface area contributed by atoms with Crippen LogP contribution in [0.2, 0.25) is 0 Å². The summed E-state index contributed by atoms with van der Waals surface area (Å²) in [5, 5.41) is 5.05. The summed E-state index contributed by atoms with van der Waals surface area (Å²) >= 11 is 0. The van der Waals surface area contributed by atoms with Gasteiger partial charge in [0.2, 0.25) is 0 Å². The quantitative estimate of drug-likeness (QED) is 0.218. The Labute approximate surface area is 385 Å². The molecule has 0 atom stereocenters. The molecule has 0 aliphatic rings. The molecule has 0 aliphatic heterocycles. The summed E-state index contributed by atoms with van der Waals surface area (Å²) in [6, 6.07) is 62.7. The molecule has 0 fully saturated rings. The Kier molecular flexibility index (Phi) is 10.6. The fourth-order valence-corrected chi connectivity index (χ4v) is 14.3. The zero-order chi connectivity index (χ0) is 44.4. The molecule has 1 aromatic heterocycles. The molecule has 0 amide bonds. The number of anilines is 3. The number of nitrogens with zero attached hydrogens (tertiary/aromatic N) is 1. The van der Waals surface area contributed by atoms with Crippen molar-refractivity contribution in [1.82, 2.24) is 0 Å². The van der Waals surface area contributed by atoms with Crippen LogP contribution in [0.1, 0.15) is 11.1 Å². The summed E-state index contributed by atoms with van der Waals surface area (Å²) in [5.74, 6) is 0. The number of hydrogen-bond donors (Lipinski definition) is 0. The number of furan rings is 1. The minimum atomic E-state index is -1.86. The van der Waals surface area contributed by atoms with E-state index < -0.39 is 10.0 Å². The third-order valence-corrected chi connectivity index (χ3v) is 18.1. The normalized spacial score (nSPS) is 12.0. The minimum absolute atomic E-state index is 0.912. The molecule has 0 spiro atoms. The number of benzene rings is 9. The van der Waals surface area contributed by atoms with Crippen molar-refractivity contribution in [2.45, 2.75) is 33.4 Å². The fourth-order valence-electron chi connectivity index (χ4n) is 10.5. The third kappa shape index (κ3) is 6.52. The van der Waals surface area contributed by atoms with Gasteiger partial charge in [0, 0.05) is 47.4 Å². The summed E-state index contributed by atoms with van der Waals surface area (Å²) in [7, 11) is 14.3. The van der Waals surface area contributed by atoms with Crippen LogP contribution < -0.4 is 43.1 Å². The lowest BCUT2D eigenvalue weighted by Crippen LogP contribution is -2.52. The Morgan fingerprint density at radius 1 is 0.406 bits per heavy atom. The maximum atomic E-state index is 6.38. The second kappa shape index (κ2) is 16.3. The van der Waals surface area contributed by atoms with E-state index in [9.17, 15) is 0 Å². The van der Waals surface area contributed by atoms with Crippen LogP contribution in [0.5, 0.6) is 0 Å². The Hall–Kier alpha value is -6.36. The molecule has 9 aromatic carbocycles. The lowest BCUT2D eigenvalue weighted by molar-refractivity contribution is 0.669. The summed E-state index contributed by atoms with van der Waals surface area (Å²) in [5.41, 5.74) is 19.6. The van der Waals surface area contributed by atoms with Gasteiger partial charge in [0.1, 0.15) is 66.1 Å². The smallest absolute Gasteiger partial charge is 0.142 e. The van der Waals surface area contributed by atoms with Crippen molar-refractivity contribution in [2.75, 3.05) is 4.90 Å². The average Bonchev–Trinajstić information content (AvgIpc) is 3.70. The summed E-state index contributed by atoms with van der Waals surface area (Å²) < 4.78 is 6.38. The maximum Gasteiger partial charge on any atom is 0.142 e. The number of aryl methyl sites for hydroxylation is 2. The van der Waals surface area contributed by atoms with E-state index >= 15 is 0 Å². The molecule has 0 N–H and O–H groups in total. The highest BCUT2D eigenvalue weighted by Crippen LogP contribution is 2.73. The maximum absolute atomic E-state index is 6.38. The molecule has 0 bridgehead atoms. The Bertz CT molecular complexity index is 3340. The molecule has 0 saturated heterocycles. The first-order valence-electron chi connectivity index (χ1n) is 22.4. The van der Waals surface area contributed by atoms with Crippen molar-refractivity contribution >= 4 is 153 Å². The van der Waals surface area contributed by atoms with Crippen molar-refractivity contribution < 1.29 is 4.42 Å². The van der Waals surface area contributed by atoms with Gasteiger partial charge in [0.25, 0.3) is 0 Å². The van der Waals surface area contributed by atoms with E-state index in [1.165, 1.54) is 96.7 Å². The van der Waals surface area contributed by atoms with Gasteiger partial charge in [-0.1, -0.05) is 106 Å². The Balaban J connectivity index is 1.21. The molecule has 0 aliphatic carbocycles. The highest BCUT2D eigenvalue weighted by molar-refractivity contribution is 8.34. The Morgan fingerprint density at radius 2 is 0.891 bits per heavy atom. The van der Waals surface area contributed by atoms with E-state index in [1.807, 2.05) is 6.07 Å². The first-order valence-corrected chi connectivity index (χ1v) is 24.1. The number of para-hydroxylation sites is 1. The molecular formula is C54H48B7NOS. The van der Waals surface area contributed by atoms with Crippen LogP contribution in [0, 0.1) is 13.8 Å². The van der Waals surface area contributed by atoms with Gasteiger partial charge in [-0.3, -0.25) is 0 Å². The topological polar surface area (TPSA) is 16.4 Å². The summed E-state index contributed by atoms with van der Waals surface area (Å²) in [4.78, 5) is 7.80. The van der Waals surface area contributed by atoms with E-state index in [1.54, 1.807) is 0 Å². The van der Waals surface area contributed by atoms with Gasteiger partial charge in [0.15, 0.2) is 0 Å². The molecule has 302 valence electrons. The zero-order valence-electron chi connectivity index (χ0n) is 38.4. The molecule has 10 heteroatoms. The molecule has 10 rings (SSSR count). The predicted molar refractivity (Wildman–Crippen MR) is 298 cm³/mol. The van der Waals surface area contributed by atoms with Crippen LogP contribution in [0.4, 0.5) is 17.1 Å². The molecule has 10 aromatic rings. The van der Waals surface area contributed by atoms with E-state index in [2.05, 4.69) is 237 Å². The van der Waals surface area contributed by atoms with Gasteiger partial charge in [-0.2, -0.15) is 0 Å². The van der Waals surface area contributed by atoms with Gasteiger partial charge in [0.05, 0.1) is 0 Å². The van der Waals surface area contributed by atoms with Crippen LogP contribution in [-0.4, -0.2) is 54.9 Å². The van der Waals surface area contributed by atoms with Crippen LogP contribution >= 0.6 is 10.0 Å². The van der Waals surface area contributed by atoms with Crippen molar-refractivity contribution in [2.24, 2.45) is 0 Å². The SMILES string of the molecule is Bc1c(B)c(B)c2c(B)c(N(c3ccc(S(c4ccccc4)(c4ccccc4)c4ccccc4)cc3)c3cc(C)c(-c4ccc5c(c4)oc4ccccc45)cc3C)c(B)c(B)c2c1B. The van der Waals surface area contributed by atoms with Crippen molar-refractivity contribution in [3.8, 4) is 11.1 Å². The Morgan fingerprint density at radius 3 is 1.47 bits per heavy atom. The van der Waals surface area contributed by atoms with Gasteiger partial charge in [-0.15, -0.1) is 21.0 Å². The van der Waals surface area contributed by atoms with Crippen LogP contribution in [-0.2, 0) is 0 Å². The van der Waals surface area contributed by atoms with Gasteiger partial charge in [-0.05, 0) is 138 Å². The number of fused-ring (bicyclic) bond motifs is 4. The molecular weight excluding hydrogens is 786 g/mol. The molecule has 64 heavy (non-hydrogen) atoms. The molecule has 0 saturated carbocycles. The summed E-state index contributed by atoms with van der Waals surface area (Å²) in [6.07, 6.45) is 0. The van der Waals surface area contributed by atoms with E-state index in [-0.39, 0.29) is 0 Å². The van der Waals surface area contributed by atoms with Crippen LogP contribution in [0.15, 0.2) is 194 Å². The van der Waals surface area contributed by atoms with Crippen LogP contribution in [0.25, 0.3) is 43.8 Å². The molecule has 0 unspecified atom stereocenters. The molecule has 2 nitrogen and oxygen atoms in total.